The number of carbonyl (C=O) groups excluding carboxylic acids is 2. The number of amides is 3. The van der Waals surface area contributed by atoms with Crippen molar-refractivity contribution >= 4 is 51.5 Å². The zero-order valence-corrected chi connectivity index (χ0v) is 36.9. The van der Waals surface area contributed by atoms with Gasteiger partial charge in [-0.2, -0.15) is 0 Å². The summed E-state index contributed by atoms with van der Waals surface area (Å²) < 4.78 is 19.2. The number of imide groups is 1. The molecule has 2 atom stereocenters. The van der Waals surface area contributed by atoms with E-state index in [9.17, 15) is 14.7 Å². The number of nitrogens with one attached hydrogen (secondary N) is 1. The molecule has 15 heteroatoms. The highest BCUT2D eigenvalue weighted by atomic mass is 19.1. The summed E-state index contributed by atoms with van der Waals surface area (Å²) in [6, 6.07) is 17.5. The Kier molecular flexibility index (Phi) is 9.91. The number of aromatic nitrogens is 4. The predicted octanol–water partition coefficient (Wildman–Crippen LogP) is 7.44. The van der Waals surface area contributed by atoms with Crippen LogP contribution in [0.5, 0.6) is 5.75 Å². The van der Waals surface area contributed by atoms with Gasteiger partial charge in [0.25, 0.3) is 0 Å². The molecule has 0 radical (unpaired) electrons. The number of piperazine rings is 1. The largest absolute Gasteiger partial charge is 0.507 e. The SMILES string of the molecule is Nc1nnc(-c2ccccc2O)cc1N1CC2CCC(C1)N2c1cccc(N2CCC(CN3CCC4(CC3)CC(n3cc(C5CC5)c5cc(N6CCC(=O)NC6=O)cnc53)C4)CC2)c1F. The number of phenols is 1. The maximum absolute atomic E-state index is 16.7. The quantitative estimate of drug-likeness (QED) is 0.136. The van der Waals surface area contributed by atoms with Crippen molar-refractivity contribution < 1.29 is 19.1 Å². The van der Waals surface area contributed by atoms with Gasteiger partial charge in [0.15, 0.2) is 11.6 Å². The molecule has 4 N–H and O–H groups in total. The number of hydrogen-bond donors (Lipinski definition) is 3. The smallest absolute Gasteiger partial charge is 0.328 e. The summed E-state index contributed by atoms with van der Waals surface area (Å²) in [6.07, 6.45) is 15.8. The number of pyridine rings is 1. The number of piperidine rings is 2. The number of benzene rings is 2. The van der Waals surface area contributed by atoms with Gasteiger partial charge in [0.2, 0.25) is 5.91 Å². The van der Waals surface area contributed by atoms with Crippen molar-refractivity contribution in [2.45, 2.75) is 94.7 Å². The Morgan fingerprint density at radius 2 is 1.57 bits per heavy atom. The van der Waals surface area contributed by atoms with Crippen molar-refractivity contribution in [3.8, 4) is 17.0 Å². The van der Waals surface area contributed by atoms with Crippen molar-refractivity contribution in [3.05, 3.63) is 78.4 Å². The Labute approximate surface area is 378 Å². The lowest BCUT2D eigenvalue weighted by atomic mass is 9.60. The number of nitrogens with zero attached hydrogens (tertiary/aromatic N) is 9. The van der Waals surface area contributed by atoms with Gasteiger partial charge in [-0.05, 0) is 137 Å². The van der Waals surface area contributed by atoms with Gasteiger partial charge < -0.3 is 35.0 Å². The van der Waals surface area contributed by atoms with Crippen LogP contribution in [0.25, 0.3) is 22.3 Å². The number of fused-ring (bicyclic) bond motifs is 3. The number of rotatable bonds is 9. The fraction of sp³-hybridized carbons (Fsp3) is 0.500. The molecule has 7 fully saturated rings. The summed E-state index contributed by atoms with van der Waals surface area (Å²) >= 11 is 0. The molecule has 3 aromatic heterocycles. The van der Waals surface area contributed by atoms with Crippen molar-refractivity contribution in [1.29, 1.82) is 0 Å². The van der Waals surface area contributed by atoms with Crippen molar-refractivity contribution in [1.82, 2.24) is 30.0 Å². The van der Waals surface area contributed by atoms with Crippen LogP contribution < -0.4 is 30.7 Å². The molecule has 3 amide bonds. The molecule has 65 heavy (non-hydrogen) atoms. The van der Waals surface area contributed by atoms with E-state index in [-0.39, 0.29) is 35.6 Å². The first-order valence-electron chi connectivity index (χ1n) is 24.0. The lowest BCUT2D eigenvalue weighted by Crippen LogP contribution is -2.54. The maximum atomic E-state index is 16.7. The molecule has 2 unspecified atom stereocenters. The van der Waals surface area contributed by atoms with E-state index in [1.165, 1.54) is 44.1 Å². The van der Waals surface area contributed by atoms with Gasteiger partial charge in [-0.25, -0.2) is 14.2 Å². The number of phenolic OH excluding ortho intramolecular Hbond substituents is 1. The second-order valence-electron chi connectivity index (χ2n) is 20.2. The van der Waals surface area contributed by atoms with Gasteiger partial charge in [0, 0.05) is 81.0 Å². The second-order valence-corrected chi connectivity index (χ2v) is 20.2. The van der Waals surface area contributed by atoms with Crippen molar-refractivity contribution in [2.75, 3.05) is 77.7 Å². The molecule has 2 saturated carbocycles. The third-order valence-electron chi connectivity index (χ3n) is 16.2. The van der Waals surface area contributed by atoms with Gasteiger partial charge in [0.05, 0.1) is 34.6 Å². The first-order chi connectivity index (χ1) is 31.7. The number of halogens is 1. The number of hydrogen-bond acceptors (Lipinski definition) is 11. The van der Waals surface area contributed by atoms with E-state index in [1.807, 2.05) is 36.4 Å². The molecule has 7 aliphatic rings. The van der Waals surface area contributed by atoms with Gasteiger partial charge in [-0.15, -0.1) is 10.2 Å². The monoisotopic (exact) mass is 879 g/mol. The Hall–Kier alpha value is -5.96. The molecule has 5 aliphatic heterocycles. The lowest BCUT2D eigenvalue weighted by molar-refractivity contribution is -0.120. The number of para-hydroxylation sites is 1. The Balaban J connectivity index is 0.646. The van der Waals surface area contributed by atoms with E-state index < -0.39 is 0 Å². The van der Waals surface area contributed by atoms with Crippen LogP contribution in [-0.4, -0.2) is 106 Å². The molecule has 2 aliphatic carbocycles. The molecule has 12 rings (SSSR count). The minimum atomic E-state index is -0.367. The van der Waals surface area contributed by atoms with E-state index in [4.69, 9.17) is 10.7 Å². The molecular formula is C50H58FN11O3. The van der Waals surface area contributed by atoms with Crippen LogP contribution >= 0.6 is 0 Å². The van der Waals surface area contributed by atoms with E-state index in [0.717, 1.165) is 86.5 Å². The first kappa shape index (κ1) is 40.5. The highest BCUT2D eigenvalue weighted by molar-refractivity contribution is 6.06. The molecule has 338 valence electrons. The lowest BCUT2D eigenvalue weighted by Gasteiger charge is -2.53. The van der Waals surface area contributed by atoms with Gasteiger partial charge in [-0.1, -0.05) is 18.2 Å². The number of aromatic hydroxyl groups is 1. The Bertz CT molecular complexity index is 2650. The van der Waals surface area contributed by atoms with Crippen LogP contribution in [-0.2, 0) is 4.79 Å². The Morgan fingerprint density at radius 1 is 0.815 bits per heavy atom. The molecule has 1 spiro atoms. The standard InChI is InChI=1S/C50H58FN11O3/c51-46-41(5-3-6-42(46)62-33-10-11-34(62)29-59(28-33)43-23-40(55-56-47(43)52)37-4-1-2-7-44(37)63)58-17-12-31(13-18-58)27-57-20-15-50(16-21-57)24-36(25-50)61-30-39(32-8-9-32)38-22-35(26-53-48(38)61)60-19-14-45(64)54-49(60)65/h1-7,22-23,26,30-34,36,63H,8-21,24-25,27-29H2,(H2,52,56)(H,54,64,65). The third-order valence-corrected chi connectivity index (χ3v) is 16.2. The second kappa shape index (κ2) is 15.9. The molecular weight excluding hydrogens is 822 g/mol. The fourth-order valence-electron chi connectivity index (χ4n) is 12.5. The average molecular weight is 880 g/mol. The molecule has 5 saturated heterocycles. The number of nitrogens with two attached hydrogens (primary N) is 1. The summed E-state index contributed by atoms with van der Waals surface area (Å²) in [5.41, 5.74) is 13.3. The molecule has 5 aromatic rings. The normalized spacial score (nSPS) is 24.0. The third kappa shape index (κ3) is 7.30. The molecule has 14 nitrogen and oxygen atoms in total. The van der Waals surface area contributed by atoms with Crippen LogP contribution in [0.1, 0.15) is 88.2 Å². The highest BCUT2D eigenvalue weighted by Gasteiger charge is 2.48. The number of nitrogen functional groups attached to an aromatic ring is 1. The number of carbonyl (C=O) groups is 2. The average Bonchev–Trinajstić information content (AvgIpc) is 4.03. The van der Waals surface area contributed by atoms with Crippen LogP contribution in [0, 0.1) is 17.2 Å². The van der Waals surface area contributed by atoms with E-state index in [0.29, 0.717) is 72.1 Å². The van der Waals surface area contributed by atoms with Crippen molar-refractivity contribution in [3.63, 3.8) is 0 Å². The number of urea groups is 1. The van der Waals surface area contributed by atoms with Gasteiger partial charge in [-0.3, -0.25) is 15.0 Å². The van der Waals surface area contributed by atoms with Crippen LogP contribution in [0.2, 0.25) is 0 Å². The topological polar surface area (TPSA) is 152 Å². The number of anilines is 5. The summed E-state index contributed by atoms with van der Waals surface area (Å²) in [5.74, 6) is 1.36. The highest BCUT2D eigenvalue weighted by Crippen LogP contribution is 2.56. The van der Waals surface area contributed by atoms with Crippen LogP contribution in [0.4, 0.5) is 37.8 Å². The minimum absolute atomic E-state index is 0.106. The summed E-state index contributed by atoms with van der Waals surface area (Å²) in [7, 11) is 0. The maximum Gasteiger partial charge on any atom is 0.328 e. The molecule has 2 aromatic carbocycles. The Morgan fingerprint density at radius 3 is 2.31 bits per heavy atom. The van der Waals surface area contributed by atoms with Gasteiger partial charge >= 0.3 is 6.03 Å². The number of likely N-dealkylation sites (tertiary alicyclic amines) is 1. The zero-order chi connectivity index (χ0) is 44.0. The summed E-state index contributed by atoms with van der Waals surface area (Å²) in [6.45, 7) is 6.93. The fourth-order valence-corrected chi connectivity index (χ4v) is 12.5. The van der Waals surface area contributed by atoms with Crippen LogP contribution in [0.15, 0.2) is 67.0 Å². The molecule has 8 heterocycles. The first-order valence-corrected chi connectivity index (χ1v) is 24.0. The zero-order valence-electron chi connectivity index (χ0n) is 36.9. The molecule has 2 bridgehead atoms. The summed E-state index contributed by atoms with van der Waals surface area (Å²) in [4.78, 5) is 40.5. The van der Waals surface area contributed by atoms with E-state index in [2.05, 4.69) is 51.9 Å². The minimum Gasteiger partial charge on any atom is -0.507 e. The van der Waals surface area contributed by atoms with E-state index >= 15 is 4.39 Å². The van der Waals surface area contributed by atoms with Crippen LogP contribution in [0.3, 0.4) is 0 Å². The van der Waals surface area contributed by atoms with Gasteiger partial charge in [0.1, 0.15) is 11.4 Å². The van der Waals surface area contributed by atoms with E-state index in [1.54, 1.807) is 23.2 Å². The van der Waals surface area contributed by atoms with Crippen molar-refractivity contribution in [2.24, 2.45) is 11.3 Å². The predicted molar refractivity (Wildman–Crippen MR) is 250 cm³/mol. The summed E-state index contributed by atoms with van der Waals surface area (Å²) in [5, 5.41) is 22.6.